The number of carbonyl (C=O) groups is 7. The average Bonchev–Trinajstić information content (AvgIpc) is 4.07. The van der Waals surface area contributed by atoms with Crippen molar-refractivity contribution in [2.45, 2.75) is 156 Å². The number of aliphatic hydroxyl groups excluding tert-OH is 1. The molecule has 6 rings (SSSR count). The van der Waals surface area contributed by atoms with Crippen LogP contribution in [0.1, 0.15) is 112 Å². The number of carbonyl (C=O) groups excluding carboxylic acids is 7. The molecule has 0 saturated carbocycles. The average molecular weight is 993 g/mol. The Morgan fingerprint density at radius 2 is 1.13 bits per heavy atom. The van der Waals surface area contributed by atoms with Gasteiger partial charge in [0.05, 0.1) is 36.2 Å². The molecule has 388 valence electrons. The molecule has 4 aliphatic rings. The summed E-state index contributed by atoms with van der Waals surface area (Å²) in [4.78, 5) is 89.9. The number of ether oxygens (including phenoxy) is 4. The number of halogens is 4. The zero-order valence-electron chi connectivity index (χ0n) is 41.7. The monoisotopic (exact) mass is 992 g/mol. The number of amides is 6. The van der Waals surface area contributed by atoms with Crippen molar-refractivity contribution in [1.29, 1.82) is 0 Å². The molecule has 6 amide bonds. The maximum atomic E-state index is 13.9. The maximum absolute atomic E-state index is 13.9. The van der Waals surface area contributed by atoms with Crippen molar-refractivity contribution in [1.82, 2.24) is 19.6 Å². The molecule has 70 heavy (non-hydrogen) atoms. The second kappa shape index (κ2) is 24.4. The van der Waals surface area contributed by atoms with E-state index in [1.165, 1.54) is 21.9 Å². The molecule has 20 heteroatoms. The Bertz CT molecular complexity index is 2160. The van der Waals surface area contributed by atoms with E-state index in [0.29, 0.717) is 37.6 Å². The lowest BCUT2D eigenvalue weighted by molar-refractivity contribution is -0.139. The van der Waals surface area contributed by atoms with Crippen LogP contribution in [-0.2, 0) is 46.2 Å². The number of rotatable bonds is 11. The minimum Gasteiger partial charge on any atom is -0.447 e. The van der Waals surface area contributed by atoms with E-state index in [1.807, 2.05) is 48.5 Å². The van der Waals surface area contributed by atoms with Gasteiger partial charge in [-0.05, 0) is 127 Å². The van der Waals surface area contributed by atoms with Gasteiger partial charge in [0, 0.05) is 31.6 Å². The number of hydrogen-bond acceptors (Lipinski definition) is 12. The summed E-state index contributed by atoms with van der Waals surface area (Å²) in [5.74, 6) is -5.38. The number of likely N-dealkylation sites (tertiary alicyclic amines) is 2. The Morgan fingerprint density at radius 1 is 0.686 bits per heavy atom. The third-order valence-corrected chi connectivity index (χ3v) is 11.9. The summed E-state index contributed by atoms with van der Waals surface area (Å²) in [6.07, 6.45) is -0.528. The van der Waals surface area contributed by atoms with Crippen molar-refractivity contribution in [2.75, 3.05) is 26.3 Å². The molecule has 0 radical (unpaired) electrons. The van der Waals surface area contributed by atoms with E-state index in [9.17, 15) is 56.2 Å². The van der Waals surface area contributed by atoms with Crippen LogP contribution in [0.3, 0.4) is 0 Å². The second-order valence-corrected chi connectivity index (χ2v) is 20.5. The van der Waals surface area contributed by atoms with E-state index in [4.69, 9.17) is 18.9 Å². The zero-order chi connectivity index (χ0) is 52.4. The highest BCUT2D eigenvalue weighted by molar-refractivity contribution is 5.95. The first-order valence-electron chi connectivity index (χ1n) is 23.6. The molecule has 16 nitrogen and oxygen atoms in total. The van der Waals surface area contributed by atoms with Crippen LogP contribution in [0, 0.1) is 41.0 Å². The Morgan fingerprint density at radius 3 is 1.61 bits per heavy atom. The Kier molecular flexibility index (Phi) is 19.8. The maximum Gasteiger partial charge on any atom is 0.416 e. The summed E-state index contributed by atoms with van der Waals surface area (Å²) in [5.41, 5.74) is -0.717. The Hall–Kier alpha value is -5.79. The Balaban J connectivity index is 0.000000256. The highest BCUT2D eigenvalue weighted by Crippen LogP contribution is 2.32. The molecule has 0 aliphatic carbocycles. The first-order valence-corrected chi connectivity index (χ1v) is 23.6. The quantitative estimate of drug-likeness (QED) is 0.129. The fraction of sp³-hybridized carbons (Fsp3) is 0.620. The predicted molar refractivity (Wildman–Crippen MR) is 246 cm³/mol. The molecule has 2 aromatic carbocycles. The first kappa shape index (κ1) is 56.8. The number of benzene rings is 2. The fourth-order valence-electron chi connectivity index (χ4n) is 8.48. The molecule has 4 heterocycles. The number of aldehydes is 1. The van der Waals surface area contributed by atoms with Gasteiger partial charge in [-0.1, -0.05) is 27.7 Å². The molecule has 4 saturated heterocycles. The van der Waals surface area contributed by atoms with Crippen LogP contribution in [0.2, 0.25) is 0 Å². The fourth-order valence-corrected chi connectivity index (χ4v) is 8.48. The summed E-state index contributed by atoms with van der Waals surface area (Å²) in [6.45, 7) is 19.2. The van der Waals surface area contributed by atoms with Gasteiger partial charge in [-0.25, -0.2) is 46.5 Å². The number of aliphatic hydroxyl groups is 1. The van der Waals surface area contributed by atoms with Crippen LogP contribution >= 0.6 is 0 Å². The third-order valence-electron chi connectivity index (χ3n) is 11.9. The zero-order valence-corrected chi connectivity index (χ0v) is 41.7. The smallest absolute Gasteiger partial charge is 0.416 e. The molecule has 6 atom stereocenters. The van der Waals surface area contributed by atoms with Crippen molar-refractivity contribution >= 4 is 42.5 Å². The highest BCUT2D eigenvalue weighted by Gasteiger charge is 2.48. The summed E-state index contributed by atoms with van der Waals surface area (Å²) in [6, 6.07) is 4.13. The van der Waals surface area contributed by atoms with Crippen LogP contribution in [0.4, 0.5) is 36.7 Å². The lowest BCUT2D eigenvalue weighted by Gasteiger charge is -2.35. The number of hydrogen-bond donors (Lipinski definition) is 1. The van der Waals surface area contributed by atoms with Crippen molar-refractivity contribution in [3.05, 3.63) is 70.8 Å². The van der Waals surface area contributed by atoms with Crippen LogP contribution in [0.25, 0.3) is 0 Å². The summed E-state index contributed by atoms with van der Waals surface area (Å²) in [5, 5.41) is 11.4. The van der Waals surface area contributed by atoms with Crippen molar-refractivity contribution in [2.24, 2.45) is 17.8 Å². The SMILES string of the molecule is CC(C)(C)OC(=O)N1CCC[C@@H]1C=O.CC(C)[C@H]1COC(=O)N1C(=O)CCc1cc(F)cc(F)c1.CC(C)[C@H]1COC(=O)N1C(=O)[C@@H](Cc1cc(F)cc(F)c1)[C@H](O)[C@H]1CCCN1C(=O)OC(C)(C)C. The van der Waals surface area contributed by atoms with Crippen molar-refractivity contribution in [3.8, 4) is 0 Å². The van der Waals surface area contributed by atoms with Crippen LogP contribution in [0.5, 0.6) is 0 Å². The molecule has 0 bridgehead atoms. The number of cyclic esters (lactones) is 2. The normalized spacial score (nSPS) is 21.1. The van der Waals surface area contributed by atoms with Gasteiger partial charge in [0.2, 0.25) is 11.8 Å². The summed E-state index contributed by atoms with van der Waals surface area (Å²) >= 11 is 0. The van der Waals surface area contributed by atoms with E-state index < -0.39 is 82.8 Å². The van der Waals surface area contributed by atoms with E-state index in [2.05, 4.69) is 0 Å². The highest BCUT2D eigenvalue weighted by atomic mass is 19.1. The summed E-state index contributed by atoms with van der Waals surface area (Å²) < 4.78 is 74.6. The molecule has 4 fully saturated rings. The topological polar surface area (TPSA) is 190 Å². The number of aryl methyl sites for hydroxylation is 1. The van der Waals surface area contributed by atoms with E-state index in [1.54, 1.807) is 20.8 Å². The molecule has 1 N–H and O–H groups in total. The van der Waals surface area contributed by atoms with Gasteiger partial charge < -0.3 is 33.7 Å². The molecule has 2 aromatic rings. The molecule has 0 spiro atoms. The van der Waals surface area contributed by atoms with Crippen LogP contribution in [-0.4, -0.2) is 135 Å². The van der Waals surface area contributed by atoms with Gasteiger partial charge in [0.25, 0.3) is 0 Å². The first-order chi connectivity index (χ1) is 32.6. The van der Waals surface area contributed by atoms with E-state index in [-0.39, 0.29) is 74.0 Å². The molecular formula is C50H68F4N4O12. The van der Waals surface area contributed by atoms with Crippen LogP contribution < -0.4 is 0 Å². The minimum absolute atomic E-state index is 0.00120. The third kappa shape index (κ3) is 15.9. The predicted octanol–water partition coefficient (Wildman–Crippen LogP) is 8.37. The standard InChI is InChI=1S/C25H34F2N2O6.C15H17F2NO3.C10H17NO3/c1-14(2)20-13-34-24(33)29(20)22(31)18(11-15-9-16(26)12-17(27)10-15)21(30)19-7-6-8-28(19)23(32)35-25(3,4)5;1-9(2)13-8-21-15(20)18(13)14(19)4-3-10-5-11(16)7-12(17)6-10;1-10(2,3)14-9(13)11-6-4-5-8(11)7-12/h9-10,12,14,18-21,30H,6-8,11,13H2,1-5H3;5-7,9,13H,3-4,8H2,1-2H3;7-8H,4-6H2,1-3H3/t18-,19+,20+,21-;13-;8-/m011/s1. The molecule has 4 aliphatic heterocycles. The summed E-state index contributed by atoms with van der Waals surface area (Å²) in [7, 11) is 0. The Labute approximate surface area is 406 Å². The lowest BCUT2D eigenvalue weighted by atomic mass is 9.87. The minimum atomic E-state index is -1.41. The number of imide groups is 2. The number of nitrogens with zero attached hydrogens (tertiary/aromatic N) is 4. The molecule has 0 aromatic heterocycles. The van der Waals surface area contributed by atoms with E-state index >= 15 is 0 Å². The molecule has 0 unspecified atom stereocenters. The van der Waals surface area contributed by atoms with E-state index in [0.717, 1.165) is 47.1 Å². The van der Waals surface area contributed by atoms with Gasteiger partial charge >= 0.3 is 24.4 Å². The van der Waals surface area contributed by atoms with Gasteiger partial charge in [-0.3, -0.25) is 14.5 Å². The second-order valence-electron chi connectivity index (χ2n) is 20.5. The van der Waals surface area contributed by atoms with Crippen molar-refractivity contribution in [3.63, 3.8) is 0 Å². The van der Waals surface area contributed by atoms with Gasteiger partial charge in [0.15, 0.2) is 0 Å². The lowest BCUT2D eigenvalue weighted by Crippen LogP contribution is -2.53. The van der Waals surface area contributed by atoms with Gasteiger partial charge in [0.1, 0.15) is 54.0 Å². The van der Waals surface area contributed by atoms with Gasteiger partial charge in [-0.2, -0.15) is 0 Å². The van der Waals surface area contributed by atoms with Crippen molar-refractivity contribution < 1.29 is 75.2 Å². The van der Waals surface area contributed by atoms with Gasteiger partial charge in [-0.15, -0.1) is 0 Å². The molecular weight excluding hydrogens is 925 g/mol. The largest absolute Gasteiger partial charge is 0.447 e. The van der Waals surface area contributed by atoms with Crippen LogP contribution in [0.15, 0.2) is 36.4 Å².